The van der Waals surface area contributed by atoms with Crippen LogP contribution in [-0.2, 0) is 0 Å². The van der Waals surface area contributed by atoms with Crippen LogP contribution in [0.15, 0.2) is 35.8 Å². The Morgan fingerprint density at radius 3 is 2.67 bits per heavy atom. The van der Waals surface area contributed by atoms with Crippen LogP contribution < -0.4 is 0 Å². The molecule has 0 aliphatic rings. The third-order valence-electron chi connectivity index (χ3n) is 1.97. The Morgan fingerprint density at radius 2 is 2.07 bits per heavy atom. The zero-order valence-corrected chi connectivity index (χ0v) is 9.34. The molecule has 0 saturated carbocycles. The fourth-order valence-corrected chi connectivity index (χ4v) is 1.90. The summed E-state index contributed by atoms with van der Waals surface area (Å²) in [6.07, 6.45) is 2.72. The van der Waals surface area contributed by atoms with Gasteiger partial charge in [-0.3, -0.25) is 0 Å². The highest BCUT2D eigenvalue weighted by Gasteiger charge is 1.98. The number of hydrogen-bond acceptors (Lipinski definition) is 2. The molecule has 1 nitrogen and oxygen atoms in total. The minimum absolute atomic E-state index is 0.897. The van der Waals surface area contributed by atoms with E-state index in [1.807, 2.05) is 23.7 Å². The summed E-state index contributed by atoms with van der Waals surface area (Å²) >= 11 is 1.65. The van der Waals surface area contributed by atoms with Gasteiger partial charge in [0.15, 0.2) is 0 Å². The lowest BCUT2D eigenvalue weighted by atomic mass is 10.1. The summed E-state index contributed by atoms with van der Waals surface area (Å²) in [5.74, 6) is 6.16. The molecule has 2 heteroatoms. The predicted octanol–water partition coefficient (Wildman–Crippen LogP) is 3.57. The first kappa shape index (κ1) is 9.95. The SMILES string of the molecule is CCC#Cc1ccc(-c2nccs2)cc1. The lowest BCUT2D eigenvalue weighted by Crippen LogP contribution is -1.77. The van der Waals surface area contributed by atoms with E-state index in [9.17, 15) is 0 Å². The second-order valence-electron chi connectivity index (χ2n) is 3.07. The molecule has 0 bridgehead atoms. The van der Waals surface area contributed by atoms with Gasteiger partial charge in [0.25, 0.3) is 0 Å². The van der Waals surface area contributed by atoms with E-state index in [0.717, 1.165) is 22.6 Å². The Balaban J connectivity index is 2.25. The topological polar surface area (TPSA) is 12.9 Å². The van der Waals surface area contributed by atoms with Crippen LogP contribution in [0.3, 0.4) is 0 Å². The highest BCUT2D eigenvalue weighted by Crippen LogP contribution is 2.21. The molecule has 0 saturated heterocycles. The van der Waals surface area contributed by atoms with Gasteiger partial charge in [-0.05, 0) is 12.1 Å². The third-order valence-corrected chi connectivity index (χ3v) is 2.80. The number of aromatic nitrogens is 1. The maximum Gasteiger partial charge on any atom is 0.123 e. The van der Waals surface area contributed by atoms with Crippen molar-refractivity contribution in [2.24, 2.45) is 0 Å². The van der Waals surface area contributed by atoms with Crippen molar-refractivity contribution in [3.8, 4) is 22.4 Å². The molecule has 15 heavy (non-hydrogen) atoms. The van der Waals surface area contributed by atoms with Crippen molar-refractivity contribution >= 4 is 11.3 Å². The highest BCUT2D eigenvalue weighted by molar-refractivity contribution is 7.13. The summed E-state index contributed by atoms with van der Waals surface area (Å²) in [5.41, 5.74) is 2.23. The fraction of sp³-hybridized carbons (Fsp3) is 0.154. The smallest absolute Gasteiger partial charge is 0.123 e. The van der Waals surface area contributed by atoms with E-state index in [0.29, 0.717) is 0 Å². The molecule has 2 rings (SSSR count). The molecule has 0 amide bonds. The van der Waals surface area contributed by atoms with Crippen molar-refractivity contribution in [2.75, 3.05) is 0 Å². The summed E-state index contributed by atoms with van der Waals surface area (Å²) in [6, 6.07) is 8.22. The van der Waals surface area contributed by atoms with Crippen molar-refractivity contribution < 1.29 is 0 Å². The van der Waals surface area contributed by atoms with Gasteiger partial charge in [0, 0.05) is 29.1 Å². The van der Waals surface area contributed by atoms with E-state index in [1.54, 1.807) is 11.3 Å². The molecule has 2 aromatic rings. The van der Waals surface area contributed by atoms with Crippen LogP contribution in [0.4, 0.5) is 0 Å². The fourth-order valence-electron chi connectivity index (χ4n) is 1.25. The highest BCUT2D eigenvalue weighted by atomic mass is 32.1. The van der Waals surface area contributed by atoms with Crippen LogP contribution in [-0.4, -0.2) is 4.98 Å². The van der Waals surface area contributed by atoms with Gasteiger partial charge in [-0.15, -0.1) is 11.3 Å². The second-order valence-corrected chi connectivity index (χ2v) is 3.96. The molecule has 0 spiro atoms. The molecule has 0 aliphatic heterocycles. The number of rotatable bonds is 1. The molecule has 0 fully saturated rings. The molecule has 0 atom stereocenters. The molecule has 0 radical (unpaired) electrons. The van der Waals surface area contributed by atoms with Gasteiger partial charge in [-0.1, -0.05) is 30.9 Å². The normalized spacial score (nSPS) is 9.40. The molecular formula is C13H11NS. The van der Waals surface area contributed by atoms with Crippen LogP contribution in [0.2, 0.25) is 0 Å². The lowest BCUT2D eigenvalue weighted by Gasteiger charge is -1.95. The number of nitrogens with zero attached hydrogens (tertiary/aromatic N) is 1. The van der Waals surface area contributed by atoms with E-state index in [-0.39, 0.29) is 0 Å². The predicted molar refractivity (Wildman–Crippen MR) is 64.7 cm³/mol. The first-order valence-corrected chi connectivity index (χ1v) is 5.77. The second kappa shape index (κ2) is 4.77. The zero-order valence-electron chi connectivity index (χ0n) is 8.53. The van der Waals surface area contributed by atoms with E-state index >= 15 is 0 Å². The molecule has 0 aliphatic carbocycles. The van der Waals surface area contributed by atoms with E-state index in [1.165, 1.54) is 0 Å². The monoisotopic (exact) mass is 213 g/mol. The number of thiazole rings is 1. The first-order chi connectivity index (χ1) is 7.40. The molecule has 1 aromatic heterocycles. The van der Waals surface area contributed by atoms with Crippen molar-refractivity contribution in [3.63, 3.8) is 0 Å². The zero-order chi connectivity index (χ0) is 10.5. The van der Waals surface area contributed by atoms with Crippen molar-refractivity contribution in [1.82, 2.24) is 4.98 Å². The van der Waals surface area contributed by atoms with Gasteiger partial charge < -0.3 is 0 Å². The van der Waals surface area contributed by atoms with Crippen molar-refractivity contribution in [1.29, 1.82) is 0 Å². The maximum atomic E-state index is 4.26. The Kier molecular flexibility index (Phi) is 3.16. The van der Waals surface area contributed by atoms with E-state index in [2.05, 4.69) is 35.9 Å². The Bertz CT molecular complexity index is 471. The van der Waals surface area contributed by atoms with Gasteiger partial charge in [0.2, 0.25) is 0 Å². The quantitative estimate of drug-likeness (QED) is 0.660. The van der Waals surface area contributed by atoms with Crippen LogP contribution in [0.1, 0.15) is 18.9 Å². The molecule has 0 N–H and O–H groups in total. The van der Waals surface area contributed by atoms with Gasteiger partial charge in [-0.2, -0.15) is 0 Å². The Hall–Kier alpha value is -1.59. The number of hydrogen-bond donors (Lipinski definition) is 0. The molecule has 1 heterocycles. The van der Waals surface area contributed by atoms with Gasteiger partial charge in [0.1, 0.15) is 5.01 Å². The number of benzene rings is 1. The Morgan fingerprint density at radius 1 is 1.27 bits per heavy atom. The Labute approximate surface area is 93.8 Å². The van der Waals surface area contributed by atoms with Gasteiger partial charge in [0.05, 0.1) is 0 Å². The summed E-state index contributed by atoms with van der Waals surface area (Å²) in [7, 11) is 0. The average molecular weight is 213 g/mol. The largest absolute Gasteiger partial charge is 0.245 e. The first-order valence-electron chi connectivity index (χ1n) is 4.89. The maximum absolute atomic E-state index is 4.26. The van der Waals surface area contributed by atoms with E-state index < -0.39 is 0 Å². The molecule has 0 unspecified atom stereocenters. The van der Waals surface area contributed by atoms with E-state index in [4.69, 9.17) is 0 Å². The molecule has 74 valence electrons. The summed E-state index contributed by atoms with van der Waals surface area (Å²) in [6.45, 7) is 2.05. The summed E-state index contributed by atoms with van der Waals surface area (Å²) in [4.78, 5) is 4.26. The standard InChI is InChI=1S/C13H11NS/c1-2-3-4-11-5-7-12(8-6-11)13-14-9-10-15-13/h5-10H,2H2,1H3. The van der Waals surface area contributed by atoms with Gasteiger partial charge in [-0.25, -0.2) is 4.98 Å². The minimum atomic E-state index is 0.897. The van der Waals surface area contributed by atoms with Crippen molar-refractivity contribution in [3.05, 3.63) is 41.4 Å². The van der Waals surface area contributed by atoms with Crippen LogP contribution in [0.25, 0.3) is 10.6 Å². The average Bonchev–Trinajstić information content (AvgIpc) is 2.80. The van der Waals surface area contributed by atoms with Crippen LogP contribution in [0.5, 0.6) is 0 Å². The van der Waals surface area contributed by atoms with Crippen molar-refractivity contribution in [2.45, 2.75) is 13.3 Å². The van der Waals surface area contributed by atoms with Crippen LogP contribution >= 0.6 is 11.3 Å². The molecule has 1 aromatic carbocycles. The summed E-state index contributed by atoms with van der Waals surface area (Å²) < 4.78 is 0. The van der Waals surface area contributed by atoms with Gasteiger partial charge >= 0.3 is 0 Å². The summed E-state index contributed by atoms with van der Waals surface area (Å²) in [5, 5.41) is 3.05. The minimum Gasteiger partial charge on any atom is -0.245 e. The lowest BCUT2D eigenvalue weighted by molar-refractivity contribution is 1.28. The van der Waals surface area contributed by atoms with Crippen LogP contribution in [0, 0.1) is 11.8 Å². The third kappa shape index (κ3) is 2.45. The molecular weight excluding hydrogens is 202 g/mol.